The first-order valence-corrected chi connectivity index (χ1v) is 8.96. The second kappa shape index (κ2) is 8.10. The van der Waals surface area contributed by atoms with Crippen molar-refractivity contribution in [3.8, 4) is 11.8 Å². The van der Waals surface area contributed by atoms with E-state index in [1.54, 1.807) is 30.8 Å². The number of hydrogen-bond acceptors (Lipinski definition) is 6. The third-order valence-corrected chi connectivity index (χ3v) is 4.94. The van der Waals surface area contributed by atoms with Crippen LogP contribution in [0.4, 0.5) is 0 Å². The summed E-state index contributed by atoms with van der Waals surface area (Å²) in [5.41, 5.74) is 0. The molecule has 0 radical (unpaired) electrons. The maximum atomic E-state index is 12.1. The molecule has 0 atom stereocenters. The summed E-state index contributed by atoms with van der Waals surface area (Å²) in [5, 5.41) is 5.12. The molecule has 1 aliphatic carbocycles. The topological polar surface area (TPSA) is 73.3 Å². The van der Waals surface area contributed by atoms with Crippen molar-refractivity contribution in [1.82, 2.24) is 15.3 Å². The summed E-state index contributed by atoms with van der Waals surface area (Å²) in [6.45, 7) is 0. The Hall–Kier alpha value is -2.15. The third-order valence-electron chi connectivity index (χ3n) is 4.06. The molecule has 1 N–H and O–H groups in total. The zero-order valence-electron chi connectivity index (χ0n) is 13.6. The monoisotopic (exact) mass is 347 g/mol. The number of methoxy groups -OCH3 is 1. The fourth-order valence-corrected chi connectivity index (χ4v) is 3.57. The van der Waals surface area contributed by atoms with Gasteiger partial charge in [0, 0.05) is 23.3 Å². The number of nitrogens with one attached hydrogen (secondary N) is 1. The van der Waals surface area contributed by atoms with Gasteiger partial charge in [-0.15, -0.1) is 11.3 Å². The molecule has 1 aliphatic rings. The van der Waals surface area contributed by atoms with Crippen LogP contribution in [-0.4, -0.2) is 35.1 Å². The standard InChI is InChI=1S/C17H21N3O3S/c1-22-16-17(19-9-8-18-16)23-13-6-4-12(5-7-13)20-15(21)11-14-3-2-10-24-14/h2-3,8-10,12-13H,4-7,11H2,1H3,(H,20,21). The fraction of sp³-hybridized carbons (Fsp3) is 0.471. The average molecular weight is 347 g/mol. The molecule has 128 valence electrons. The van der Waals surface area contributed by atoms with Crippen molar-refractivity contribution in [3.05, 3.63) is 34.8 Å². The van der Waals surface area contributed by atoms with Crippen LogP contribution in [0.15, 0.2) is 29.9 Å². The number of carbonyl (C=O) groups is 1. The molecule has 3 rings (SSSR count). The number of aromatic nitrogens is 2. The zero-order valence-corrected chi connectivity index (χ0v) is 14.4. The predicted molar refractivity (Wildman–Crippen MR) is 91.4 cm³/mol. The lowest BCUT2D eigenvalue weighted by Crippen LogP contribution is -2.40. The average Bonchev–Trinajstić information content (AvgIpc) is 3.10. The molecule has 2 aromatic heterocycles. The van der Waals surface area contributed by atoms with Gasteiger partial charge in [0.05, 0.1) is 13.5 Å². The van der Waals surface area contributed by atoms with Crippen LogP contribution in [0.5, 0.6) is 11.8 Å². The molecule has 1 saturated carbocycles. The quantitative estimate of drug-likeness (QED) is 0.869. The highest BCUT2D eigenvalue weighted by molar-refractivity contribution is 7.10. The molecule has 1 fully saturated rings. The van der Waals surface area contributed by atoms with E-state index in [1.165, 1.54) is 0 Å². The first kappa shape index (κ1) is 16.7. The molecule has 0 bridgehead atoms. The molecule has 0 aliphatic heterocycles. The Kier molecular flexibility index (Phi) is 5.63. The van der Waals surface area contributed by atoms with Crippen molar-refractivity contribution >= 4 is 17.2 Å². The van der Waals surface area contributed by atoms with Crippen molar-refractivity contribution in [3.63, 3.8) is 0 Å². The van der Waals surface area contributed by atoms with E-state index < -0.39 is 0 Å². The minimum Gasteiger partial charge on any atom is -0.477 e. The Morgan fingerprint density at radius 1 is 1.25 bits per heavy atom. The highest BCUT2D eigenvalue weighted by Gasteiger charge is 2.25. The van der Waals surface area contributed by atoms with Gasteiger partial charge in [-0.2, -0.15) is 0 Å². The van der Waals surface area contributed by atoms with Gasteiger partial charge in [-0.3, -0.25) is 4.79 Å². The van der Waals surface area contributed by atoms with Crippen LogP contribution in [0.2, 0.25) is 0 Å². The molecule has 2 aromatic rings. The summed E-state index contributed by atoms with van der Waals surface area (Å²) in [7, 11) is 1.55. The largest absolute Gasteiger partial charge is 0.477 e. The van der Waals surface area contributed by atoms with Crippen molar-refractivity contribution in [2.75, 3.05) is 7.11 Å². The van der Waals surface area contributed by atoms with Gasteiger partial charge in [0.25, 0.3) is 11.8 Å². The van der Waals surface area contributed by atoms with Gasteiger partial charge in [-0.25, -0.2) is 9.97 Å². The summed E-state index contributed by atoms with van der Waals surface area (Å²) < 4.78 is 11.1. The van der Waals surface area contributed by atoms with E-state index in [0.29, 0.717) is 18.2 Å². The summed E-state index contributed by atoms with van der Waals surface area (Å²) in [6, 6.07) is 4.18. The Morgan fingerprint density at radius 3 is 2.67 bits per heavy atom. The SMILES string of the molecule is COc1nccnc1OC1CCC(NC(=O)Cc2cccs2)CC1. The molecule has 7 heteroatoms. The number of rotatable bonds is 6. The van der Waals surface area contributed by atoms with E-state index >= 15 is 0 Å². The Bertz CT molecular complexity index is 655. The Labute approximate surface area is 145 Å². The van der Waals surface area contributed by atoms with Crippen molar-refractivity contribution in [2.24, 2.45) is 0 Å². The summed E-state index contributed by atoms with van der Waals surface area (Å²) in [5.74, 6) is 0.937. The number of ether oxygens (including phenoxy) is 2. The van der Waals surface area contributed by atoms with Gasteiger partial charge in [0.15, 0.2) is 0 Å². The molecule has 2 heterocycles. The van der Waals surface area contributed by atoms with Crippen LogP contribution in [0.25, 0.3) is 0 Å². The molecule has 0 saturated heterocycles. The molecule has 0 spiro atoms. The lowest BCUT2D eigenvalue weighted by molar-refractivity contribution is -0.121. The van der Waals surface area contributed by atoms with Crippen LogP contribution >= 0.6 is 11.3 Å². The van der Waals surface area contributed by atoms with Crippen molar-refractivity contribution in [2.45, 2.75) is 44.2 Å². The normalized spacial score (nSPS) is 20.4. The van der Waals surface area contributed by atoms with E-state index in [-0.39, 0.29) is 18.1 Å². The number of carbonyl (C=O) groups excluding carboxylic acids is 1. The van der Waals surface area contributed by atoms with Crippen LogP contribution < -0.4 is 14.8 Å². The Morgan fingerprint density at radius 2 is 2.00 bits per heavy atom. The highest BCUT2D eigenvalue weighted by atomic mass is 32.1. The first-order chi connectivity index (χ1) is 11.7. The van der Waals surface area contributed by atoms with E-state index in [0.717, 1.165) is 30.6 Å². The number of hydrogen-bond donors (Lipinski definition) is 1. The van der Waals surface area contributed by atoms with Crippen LogP contribution in [0.1, 0.15) is 30.6 Å². The van der Waals surface area contributed by atoms with Gasteiger partial charge in [0.1, 0.15) is 6.10 Å². The van der Waals surface area contributed by atoms with E-state index in [9.17, 15) is 4.79 Å². The highest BCUT2D eigenvalue weighted by Crippen LogP contribution is 2.27. The lowest BCUT2D eigenvalue weighted by atomic mass is 9.93. The minimum absolute atomic E-state index is 0.0843. The maximum absolute atomic E-state index is 12.1. The zero-order chi connectivity index (χ0) is 16.8. The number of nitrogens with zero attached hydrogens (tertiary/aromatic N) is 2. The first-order valence-electron chi connectivity index (χ1n) is 8.08. The van der Waals surface area contributed by atoms with Gasteiger partial charge < -0.3 is 14.8 Å². The van der Waals surface area contributed by atoms with Gasteiger partial charge in [0.2, 0.25) is 5.91 Å². The Balaban J connectivity index is 1.44. The fourth-order valence-electron chi connectivity index (χ4n) is 2.87. The summed E-state index contributed by atoms with van der Waals surface area (Å²) in [4.78, 5) is 21.4. The molecule has 0 aromatic carbocycles. The van der Waals surface area contributed by atoms with Gasteiger partial charge in [-0.05, 0) is 37.1 Å². The predicted octanol–water partition coefficient (Wildman–Crippen LogP) is 2.60. The van der Waals surface area contributed by atoms with Crippen LogP contribution in [0.3, 0.4) is 0 Å². The van der Waals surface area contributed by atoms with E-state index in [4.69, 9.17) is 9.47 Å². The van der Waals surface area contributed by atoms with Crippen LogP contribution in [-0.2, 0) is 11.2 Å². The van der Waals surface area contributed by atoms with Crippen molar-refractivity contribution < 1.29 is 14.3 Å². The second-order valence-corrected chi connectivity index (χ2v) is 6.82. The molecular formula is C17H21N3O3S. The minimum atomic E-state index is 0.0843. The molecule has 0 unspecified atom stereocenters. The number of amides is 1. The van der Waals surface area contributed by atoms with Crippen molar-refractivity contribution in [1.29, 1.82) is 0 Å². The third kappa shape index (κ3) is 4.44. The van der Waals surface area contributed by atoms with E-state index in [2.05, 4.69) is 15.3 Å². The molecule has 6 nitrogen and oxygen atoms in total. The number of thiophene rings is 1. The second-order valence-electron chi connectivity index (χ2n) is 5.79. The molecule has 1 amide bonds. The van der Waals surface area contributed by atoms with Gasteiger partial charge in [-0.1, -0.05) is 6.07 Å². The smallest absolute Gasteiger partial charge is 0.278 e. The lowest BCUT2D eigenvalue weighted by Gasteiger charge is -2.29. The van der Waals surface area contributed by atoms with E-state index in [1.807, 2.05) is 17.5 Å². The summed E-state index contributed by atoms with van der Waals surface area (Å²) in [6.07, 6.45) is 7.28. The summed E-state index contributed by atoms with van der Waals surface area (Å²) >= 11 is 1.61. The molecular weight excluding hydrogens is 326 g/mol. The maximum Gasteiger partial charge on any atom is 0.278 e. The molecule has 24 heavy (non-hydrogen) atoms. The van der Waals surface area contributed by atoms with Crippen LogP contribution in [0, 0.1) is 0 Å². The van der Waals surface area contributed by atoms with Gasteiger partial charge >= 0.3 is 0 Å².